The molecule has 8 heteroatoms. The number of rotatable bonds is 4. The molecule has 30 heavy (non-hydrogen) atoms. The summed E-state index contributed by atoms with van der Waals surface area (Å²) in [5, 5.41) is 12.3. The number of ether oxygens (including phenoxy) is 1. The van der Waals surface area contributed by atoms with Gasteiger partial charge in [0, 0.05) is 25.0 Å². The first-order valence-electron chi connectivity index (χ1n) is 10.9. The van der Waals surface area contributed by atoms with Gasteiger partial charge < -0.3 is 25.0 Å². The Bertz CT molecular complexity index is 987. The molecule has 3 aliphatic rings. The van der Waals surface area contributed by atoms with Gasteiger partial charge in [0.1, 0.15) is 22.6 Å². The molecule has 1 aliphatic heterocycles. The van der Waals surface area contributed by atoms with E-state index in [9.17, 15) is 14.7 Å². The minimum absolute atomic E-state index is 0.191. The average molecular weight is 412 g/mol. The number of nitrogens with zero attached hydrogens (tertiary/aromatic N) is 2. The van der Waals surface area contributed by atoms with Gasteiger partial charge in [-0.05, 0) is 56.1 Å². The van der Waals surface area contributed by atoms with Crippen LogP contribution in [0.4, 0.5) is 4.79 Å². The number of aromatic nitrogens is 2. The molecule has 2 saturated carbocycles. The highest BCUT2D eigenvalue weighted by molar-refractivity contribution is 6.06. The van der Waals surface area contributed by atoms with Crippen molar-refractivity contribution in [1.82, 2.24) is 20.2 Å². The number of methoxy groups -OCH3 is 1. The molecule has 2 amide bonds. The van der Waals surface area contributed by atoms with E-state index in [2.05, 4.69) is 10.3 Å². The highest BCUT2D eigenvalue weighted by atomic mass is 16.5. The number of H-pyrrole nitrogens is 1. The zero-order chi connectivity index (χ0) is 20.8. The highest BCUT2D eigenvalue weighted by Gasteiger charge is 2.41. The predicted octanol–water partition coefficient (Wildman–Crippen LogP) is 3.35. The maximum Gasteiger partial charge on any atom is 0.407 e. The van der Waals surface area contributed by atoms with Gasteiger partial charge in [-0.1, -0.05) is 6.42 Å². The van der Waals surface area contributed by atoms with Crippen LogP contribution in [0.1, 0.15) is 60.6 Å². The lowest BCUT2D eigenvalue weighted by Crippen LogP contribution is -2.49. The normalized spacial score (nSPS) is 28.1. The molecule has 160 valence electrons. The van der Waals surface area contributed by atoms with Crippen LogP contribution in [0.5, 0.6) is 5.75 Å². The lowest BCUT2D eigenvalue weighted by Gasteiger charge is -2.31. The summed E-state index contributed by atoms with van der Waals surface area (Å²) in [6, 6.07) is 3.35. The van der Waals surface area contributed by atoms with Crippen LogP contribution in [-0.2, 0) is 0 Å². The Morgan fingerprint density at radius 3 is 2.83 bits per heavy atom. The molecule has 0 spiro atoms. The molecule has 2 bridgehead atoms. The summed E-state index contributed by atoms with van der Waals surface area (Å²) in [7, 11) is 1.62. The quantitative estimate of drug-likeness (QED) is 0.714. The summed E-state index contributed by atoms with van der Waals surface area (Å²) in [6.07, 6.45) is 5.61. The molecule has 3 fully saturated rings. The SMILES string of the molecule is COc1ccc(C(=O)NC2CCCN(C(=O)O)C2)c2nc(C3CC4CCC3C4)[nH]c12. The Morgan fingerprint density at radius 2 is 2.13 bits per heavy atom. The van der Waals surface area contributed by atoms with Crippen molar-refractivity contribution in [3.63, 3.8) is 0 Å². The minimum atomic E-state index is -0.941. The third kappa shape index (κ3) is 3.28. The molecule has 8 nitrogen and oxygen atoms in total. The summed E-state index contributed by atoms with van der Waals surface area (Å²) >= 11 is 0. The average Bonchev–Trinajstić information content (AvgIpc) is 3.48. The van der Waals surface area contributed by atoms with E-state index in [1.54, 1.807) is 19.2 Å². The molecule has 2 aliphatic carbocycles. The minimum Gasteiger partial charge on any atom is -0.494 e. The number of imidazole rings is 1. The van der Waals surface area contributed by atoms with Crippen LogP contribution in [0.3, 0.4) is 0 Å². The molecule has 5 rings (SSSR count). The van der Waals surface area contributed by atoms with Crippen molar-refractivity contribution in [2.24, 2.45) is 11.8 Å². The topological polar surface area (TPSA) is 108 Å². The lowest BCUT2D eigenvalue weighted by atomic mass is 9.88. The zero-order valence-electron chi connectivity index (χ0n) is 17.2. The number of likely N-dealkylation sites (tertiary alicyclic amines) is 1. The van der Waals surface area contributed by atoms with E-state index in [0.717, 1.165) is 30.1 Å². The third-order valence-corrected chi connectivity index (χ3v) is 7.21. The fourth-order valence-corrected chi connectivity index (χ4v) is 5.73. The number of hydrogen-bond acceptors (Lipinski definition) is 4. The second kappa shape index (κ2) is 7.49. The van der Waals surface area contributed by atoms with Gasteiger partial charge in [0.2, 0.25) is 0 Å². The number of aromatic amines is 1. The molecule has 2 heterocycles. The van der Waals surface area contributed by atoms with Crippen molar-refractivity contribution in [1.29, 1.82) is 0 Å². The Balaban J connectivity index is 1.42. The lowest BCUT2D eigenvalue weighted by molar-refractivity contribution is 0.0890. The largest absolute Gasteiger partial charge is 0.494 e. The van der Waals surface area contributed by atoms with Crippen LogP contribution in [-0.4, -0.2) is 58.2 Å². The van der Waals surface area contributed by atoms with Crippen LogP contribution in [0.2, 0.25) is 0 Å². The number of carbonyl (C=O) groups excluding carboxylic acids is 1. The fraction of sp³-hybridized carbons (Fsp3) is 0.591. The van der Waals surface area contributed by atoms with Crippen molar-refractivity contribution < 1.29 is 19.4 Å². The number of carboxylic acid groups (broad SMARTS) is 1. The molecule has 1 aromatic carbocycles. The number of benzene rings is 1. The number of nitrogens with one attached hydrogen (secondary N) is 2. The van der Waals surface area contributed by atoms with Crippen molar-refractivity contribution in [2.75, 3.05) is 20.2 Å². The summed E-state index contributed by atoms with van der Waals surface area (Å²) < 4.78 is 5.52. The summed E-state index contributed by atoms with van der Waals surface area (Å²) in [4.78, 5) is 34.1. The first kappa shape index (κ1) is 19.2. The van der Waals surface area contributed by atoms with Gasteiger partial charge in [0.25, 0.3) is 5.91 Å². The van der Waals surface area contributed by atoms with Gasteiger partial charge >= 0.3 is 6.09 Å². The van der Waals surface area contributed by atoms with E-state index in [0.29, 0.717) is 41.8 Å². The fourth-order valence-electron chi connectivity index (χ4n) is 5.73. The van der Waals surface area contributed by atoms with Gasteiger partial charge in [0.15, 0.2) is 0 Å². The van der Waals surface area contributed by atoms with E-state index in [1.165, 1.54) is 30.6 Å². The van der Waals surface area contributed by atoms with Crippen LogP contribution in [0.15, 0.2) is 12.1 Å². The van der Waals surface area contributed by atoms with E-state index < -0.39 is 6.09 Å². The second-order valence-electron chi connectivity index (χ2n) is 8.98. The molecular formula is C22H28N4O4. The monoisotopic (exact) mass is 412 g/mol. The van der Waals surface area contributed by atoms with E-state index in [1.807, 2.05) is 0 Å². The zero-order valence-corrected chi connectivity index (χ0v) is 17.2. The number of hydrogen-bond donors (Lipinski definition) is 3. The molecule has 3 N–H and O–H groups in total. The predicted molar refractivity (Wildman–Crippen MR) is 111 cm³/mol. The number of amides is 2. The molecule has 1 saturated heterocycles. The third-order valence-electron chi connectivity index (χ3n) is 7.21. The number of piperidine rings is 1. The first-order chi connectivity index (χ1) is 14.5. The smallest absolute Gasteiger partial charge is 0.407 e. The van der Waals surface area contributed by atoms with Crippen LogP contribution in [0, 0.1) is 11.8 Å². The first-order valence-corrected chi connectivity index (χ1v) is 10.9. The summed E-state index contributed by atoms with van der Waals surface area (Å²) in [5.41, 5.74) is 1.90. The Morgan fingerprint density at radius 1 is 1.27 bits per heavy atom. The Labute approximate surface area is 175 Å². The number of carbonyl (C=O) groups is 2. The van der Waals surface area contributed by atoms with Crippen molar-refractivity contribution in [3.8, 4) is 5.75 Å². The van der Waals surface area contributed by atoms with Gasteiger partial charge in [-0.3, -0.25) is 4.79 Å². The second-order valence-corrected chi connectivity index (χ2v) is 8.98. The molecular weight excluding hydrogens is 384 g/mol. The van der Waals surface area contributed by atoms with Gasteiger partial charge in [-0.2, -0.15) is 0 Å². The Hall–Kier alpha value is -2.77. The van der Waals surface area contributed by atoms with Gasteiger partial charge in [-0.15, -0.1) is 0 Å². The van der Waals surface area contributed by atoms with Crippen LogP contribution >= 0.6 is 0 Å². The maximum atomic E-state index is 13.1. The van der Waals surface area contributed by atoms with Crippen molar-refractivity contribution >= 4 is 23.0 Å². The summed E-state index contributed by atoms with van der Waals surface area (Å²) in [6.45, 7) is 0.831. The van der Waals surface area contributed by atoms with E-state index in [4.69, 9.17) is 9.72 Å². The van der Waals surface area contributed by atoms with Crippen LogP contribution < -0.4 is 10.1 Å². The van der Waals surface area contributed by atoms with E-state index in [-0.39, 0.29) is 11.9 Å². The molecule has 4 atom stereocenters. The van der Waals surface area contributed by atoms with Crippen molar-refractivity contribution in [3.05, 3.63) is 23.5 Å². The molecule has 1 aromatic heterocycles. The number of fused-ring (bicyclic) bond motifs is 3. The van der Waals surface area contributed by atoms with Crippen LogP contribution in [0.25, 0.3) is 11.0 Å². The molecule has 2 aromatic rings. The van der Waals surface area contributed by atoms with E-state index >= 15 is 0 Å². The maximum absolute atomic E-state index is 13.1. The highest BCUT2D eigenvalue weighted by Crippen LogP contribution is 2.52. The van der Waals surface area contributed by atoms with Gasteiger partial charge in [-0.25, -0.2) is 9.78 Å². The Kier molecular flexibility index (Phi) is 4.79. The van der Waals surface area contributed by atoms with Gasteiger partial charge in [0.05, 0.1) is 12.7 Å². The molecule has 0 radical (unpaired) electrons. The standard InChI is InChI=1S/C22H28N4O4/c1-30-17-7-6-15(21(27)23-14-3-2-8-26(11-14)22(28)29)18-19(17)25-20(24-18)16-10-12-4-5-13(16)9-12/h6-7,12-14,16H,2-5,8-11H2,1H3,(H,23,27)(H,24,25)(H,28,29). The summed E-state index contributed by atoms with van der Waals surface area (Å²) in [5.74, 6) is 3.35. The van der Waals surface area contributed by atoms with Crippen molar-refractivity contribution in [2.45, 2.75) is 50.5 Å². The molecule has 4 unspecified atom stereocenters.